The zero-order chi connectivity index (χ0) is 70.9. The molecule has 0 saturated heterocycles. The second-order valence-corrected chi connectivity index (χ2v) is 30.1. The first kappa shape index (κ1) is 69.5. The van der Waals surface area contributed by atoms with E-state index >= 15 is 0 Å². The van der Waals surface area contributed by atoms with Gasteiger partial charge in [-0.15, -0.1) is 10.2 Å². The Kier molecular flexibility index (Phi) is 18.4. The van der Waals surface area contributed by atoms with E-state index in [-0.39, 0.29) is 67.1 Å². The number of fused-ring (bicyclic) bond motifs is 4. The molecule has 0 fully saturated rings. The minimum Gasteiger partial charge on any atom is -0.505 e. The molecule has 13 N–H and O–H groups in total. The Balaban J connectivity index is 0.869. The summed E-state index contributed by atoms with van der Waals surface area (Å²) in [5, 5.41) is 47.1. The molecule has 36 nitrogen and oxygen atoms in total. The first-order valence-corrected chi connectivity index (χ1v) is 37.0. The summed E-state index contributed by atoms with van der Waals surface area (Å²) < 4.78 is 233. The highest BCUT2D eigenvalue weighted by Crippen LogP contribution is 2.48. The van der Waals surface area contributed by atoms with Gasteiger partial charge in [-0.2, -0.15) is 90.6 Å². The molecule has 506 valence electrons. The van der Waals surface area contributed by atoms with Gasteiger partial charge in [0, 0.05) is 43.7 Å². The molecule has 11 rings (SSSR count). The maximum Gasteiger partial charge on any atom is 0.296 e. The molecule has 1 atom stereocenters. The SMILES string of the molecule is O=S(O)Cc1cc2cc(S(=O)(=O)O)cc(Nc3nc(Cl)nc(Nc4ccc(Nc5nc(Cl)nc(Nc6cccc7cc(S(=O)(=O)O)c(N=Nc8cc(S(=O)(=O)O)c9cccc(S(=O)(=O)O)c9c8)c(O)c67)n5)cc4)n3)c2c(O)c1N=Nc1cc(S(=O)(=O)O)c2cccc(S(=O)(=O)O)c2c1. The Labute approximate surface area is 562 Å². The number of nitrogens with zero attached hydrogens (tertiary/aromatic N) is 10. The number of hydrogen-bond donors (Lipinski definition) is 13. The van der Waals surface area contributed by atoms with Crippen LogP contribution in [-0.2, 0) is 77.5 Å². The molecular formula is C53H36Cl2N14O22S7. The average molecular weight is 1520 g/mol. The van der Waals surface area contributed by atoms with E-state index in [0.717, 1.165) is 84.9 Å². The van der Waals surface area contributed by atoms with E-state index in [1.807, 2.05) is 0 Å². The Bertz CT molecular complexity index is 6090. The van der Waals surface area contributed by atoms with Gasteiger partial charge in [-0.05, 0) is 131 Å². The van der Waals surface area contributed by atoms with Gasteiger partial charge in [0.2, 0.25) is 34.4 Å². The summed E-state index contributed by atoms with van der Waals surface area (Å²) >= 11 is 9.94. The van der Waals surface area contributed by atoms with Crippen LogP contribution in [0.1, 0.15) is 5.56 Å². The molecule has 0 aliphatic rings. The number of phenols is 2. The standard InChI is InChI=1S/C53H36Cl2N14O22S7/c54-48-60-50(64-52(62-48)58-35-7-1-4-23-16-41(98(89,90)91)45(47(71)42(23)35)69-67-29-18-34-32(40(20-29)97(86,87)88)6-3-9-38(34)95(80,81)82)56-26-10-12-27(13-11-26)57-51-61-49(55)63-53(65-51)59-36-21-30(93(74,75)76)15-24-14-25(22-92(72)73)44(46(70)43(24)36)68-66-28-17-33-31(39(19-28)96(83,84)85)5-2-8-37(33)94(77,78)79/h1-21,70-71H,22H2,(H,72,73)(H,74,75,76)(H,77,78,79)(H,80,81,82)(H,83,84,85)(H,86,87,88)(H,89,90,91)(H2,56,58,60,62,64)(H2,57,59,61,63,65). The summed E-state index contributed by atoms with van der Waals surface area (Å²) in [5.41, 5.74) is -2.81. The van der Waals surface area contributed by atoms with Crippen molar-refractivity contribution in [1.82, 2.24) is 29.9 Å². The molecular weight excluding hydrogens is 1480 g/mol. The molecule has 2 aromatic heterocycles. The van der Waals surface area contributed by atoms with Crippen LogP contribution in [-0.4, -0.2) is 127 Å². The fourth-order valence-corrected chi connectivity index (χ4v) is 14.7. The van der Waals surface area contributed by atoms with Crippen molar-refractivity contribution in [3.05, 3.63) is 144 Å². The smallest absolute Gasteiger partial charge is 0.296 e. The lowest BCUT2D eigenvalue weighted by atomic mass is 10.0. The van der Waals surface area contributed by atoms with Gasteiger partial charge in [0.1, 0.15) is 35.9 Å². The van der Waals surface area contributed by atoms with E-state index < -0.39 is 174 Å². The second-order valence-electron chi connectivity index (χ2n) is 20.2. The average Bonchev–Trinajstić information content (AvgIpc) is 0.773. The summed E-state index contributed by atoms with van der Waals surface area (Å²) in [7, 11) is -30.7. The molecule has 0 aliphatic heterocycles. The zero-order valence-corrected chi connectivity index (χ0v) is 55.0. The maximum atomic E-state index is 12.8. The lowest BCUT2D eigenvalue weighted by molar-refractivity contribution is 0.472. The van der Waals surface area contributed by atoms with Crippen molar-refractivity contribution >= 4 is 207 Å². The Hall–Kier alpha value is -9.81. The maximum absolute atomic E-state index is 12.8. The first-order chi connectivity index (χ1) is 45.8. The highest BCUT2D eigenvalue weighted by molar-refractivity contribution is 7.87. The van der Waals surface area contributed by atoms with Crippen LogP contribution in [0, 0.1) is 0 Å². The number of rotatable bonds is 20. The quantitative estimate of drug-likeness (QED) is 0.0191. The molecule has 11 aromatic rings. The van der Waals surface area contributed by atoms with Crippen LogP contribution in [0.5, 0.6) is 11.5 Å². The first-order valence-electron chi connectivity index (χ1n) is 26.3. The Morgan fingerprint density at radius 2 is 0.816 bits per heavy atom. The van der Waals surface area contributed by atoms with Gasteiger partial charge in [-0.3, -0.25) is 27.3 Å². The molecule has 45 heteroatoms. The van der Waals surface area contributed by atoms with Gasteiger partial charge in [0.05, 0.1) is 33.4 Å². The van der Waals surface area contributed by atoms with Gasteiger partial charge in [-0.25, -0.2) is 4.21 Å². The number of azo groups is 2. The molecule has 9 aromatic carbocycles. The van der Waals surface area contributed by atoms with Gasteiger partial charge in [0.15, 0.2) is 22.6 Å². The van der Waals surface area contributed by atoms with E-state index in [4.69, 9.17) is 23.2 Å². The van der Waals surface area contributed by atoms with Gasteiger partial charge < -0.3 is 36.0 Å². The van der Waals surface area contributed by atoms with Crippen molar-refractivity contribution in [2.75, 3.05) is 21.3 Å². The predicted octanol–water partition coefficient (Wildman–Crippen LogP) is 10.4. The van der Waals surface area contributed by atoms with E-state index in [9.17, 15) is 96.8 Å². The molecule has 0 saturated carbocycles. The summed E-state index contributed by atoms with van der Waals surface area (Å²) in [6, 6.07) is 23.3. The summed E-state index contributed by atoms with van der Waals surface area (Å²) in [6.07, 6.45) is 0. The van der Waals surface area contributed by atoms with Crippen molar-refractivity contribution < 1.29 is 96.8 Å². The van der Waals surface area contributed by atoms with Crippen molar-refractivity contribution in [1.29, 1.82) is 0 Å². The number of benzene rings is 9. The summed E-state index contributed by atoms with van der Waals surface area (Å²) in [4.78, 5) is 19.6. The normalized spacial score (nSPS) is 13.1. The molecule has 98 heavy (non-hydrogen) atoms. The fourth-order valence-electron chi connectivity index (χ4n) is 9.83. The largest absolute Gasteiger partial charge is 0.505 e. The minimum atomic E-state index is -5.26. The predicted molar refractivity (Wildman–Crippen MR) is 350 cm³/mol. The number of aromatic nitrogens is 6. The van der Waals surface area contributed by atoms with E-state index in [1.54, 1.807) is 0 Å². The topological polar surface area (TPSA) is 579 Å². The summed E-state index contributed by atoms with van der Waals surface area (Å²) in [5.74, 6) is -3.90. The molecule has 2 heterocycles. The van der Waals surface area contributed by atoms with Crippen molar-refractivity contribution in [3.63, 3.8) is 0 Å². The van der Waals surface area contributed by atoms with Crippen molar-refractivity contribution in [2.45, 2.75) is 35.1 Å². The zero-order valence-electron chi connectivity index (χ0n) is 47.7. The third kappa shape index (κ3) is 15.0. The molecule has 0 spiro atoms. The Morgan fingerprint density at radius 3 is 1.27 bits per heavy atom. The third-order valence-corrected chi connectivity index (χ3v) is 19.9. The molecule has 0 amide bonds. The highest BCUT2D eigenvalue weighted by Gasteiger charge is 2.28. The lowest BCUT2D eigenvalue weighted by Gasteiger charge is -2.16. The molecule has 0 radical (unpaired) electrons. The van der Waals surface area contributed by atoms with Crippen LogP contribution in [0.2, 0.25) is 10.6 Å². The van der Waals surface area contributed by atoms with Crippen LogP contribution < -0.4 is 21.3 Å². The number of halogens is 2. The molecule has 0 aliphatic carbocycles. The van der Waals surface area contributed by atoms with Crippen LogP contribution in [0.4, 0.5) is 69.3 Å². The van der Waals surface area contributed by atoms with Crippen LogP contribution in [0.25, 0.3) is 43.1 Å². The van der Waals surface area contributed by atoms with E-state index in [0.29, 0.717) is 5.69 Å². The number of hydrogen-bond acceptors (Lipinski definition) is 29. The number of phenolic OH excluding ortho intramolecular Hbond substituents is 2. The van der Waals surface area contributed by atoms with Gasteiger partial charge in [0.25, 0.3) is 60.7 Å². The monoisotopic (exact) mass is 1510 g/mol. The van der Waals surface area contributed by atoms with Crippen molar-refractivity contribution in [2.24, 2.45) is 20.5 Å². The van der Waals surface area contributed by atoms with E-state index in [1.165, 1.54) is 42.5 Å². The molecule has 0 bridgehead atoms. The lowest BCUT2D eigenvalue weighted by Crippen LogP contribution is -2.06. The highest BCUT2D eigenvalue weighted by atomic mass is 35.5. The molecule has 1 unspecified atom stereocenters. The second kappa shape index (κ2) is 25.9. The fraction of sp³-hybridized carbons (Fsp3) is 0.0189. The number of aromatic hydroxyl groups is 2. The summed E-state index contributed by atoms with van der Waals surface area (Å²) in [6.45, 7) is 0. The number of nitrogens with one attached hydrogen (secondary N) is 4. The third-order valence-electron chi connectivity index (χ3n) is 13.7. The van der Waals surface area contributed by atoms with Crippen LogP contribution >= 0.6 is 23.2 Å². The minimum absolute atomic E-state index is 0.0465. The van der Waals surface area contributed by atoms with E-state index in [2.05, 4.69) is 71.6 Å². The number of anilines is 8. The van der Waals surface area contributed by atoms with Gasteiger partial charge >= 0.3 is 0 Å². The van der Waals surface area contributed by atoms with Crippen LogP contribution in [0.15, 0.2) is 177 Å². The Morgan fingerprint density at radius 1 is 0.398 bits per heavy atom. The van der Waals surface area contributed by atoms with Gasteiger partial charge in [-0.1, -0.05) is 36.4 Å². The van der Waals surface area contributed by atoms with Crippen LogP contribution in [0.3, 0.4) is 0 Å². The van der Waals surface area contributed by atoms with Crippen molar-refractivity contribution in [3.8, 4) is 11.5 Å².